The second-order valence-electron chi connectivity index (χ2n) is 4.79. The number of hydrogen-bond acceptors (Lipinski definition) is 5. The normalized spacial score (nSPS) is 11.1. The molecule has 0 radical (unpaired) electrons. The van der Waals surface area contributed by atoms with Crippen LogP contribution in [0.15, 0.2) is 50.2 Å². The molecule has 0 saturated heterocycles. The van der Waals surface area contributed by atoms with Crippen molar-refractivity contribution in [2.24, 2.45) is 0 Å². The highest BCUT2D eigenvalue weighted by Gasteiger charge is 2.24. The smallest absolute Gasteiger partial charge is 0.288 e. The number of anilines is 1. The number of nitrogens with zero attached hydrogens (tertiary/aromatic N) is 1. The molecule has 10 heteroatoms. The molecule has 0 heterocycles. The van der Waals surface area contributed by atoms with Crippen molar-refractivity contribution in [3.63, 3.8) is 0 Å². The Kier molecular flexibility index (Phi) is 5.41. The Bertz CT molecular complexity index is 944. The minimum atomic E-state index is -3.78. The maximum Gasteiger partial charge on any atom is 0.288 e. The van der Waals surface area contributed by atoms with Crippen LogP contribution in [0.1, 0.15) is 10.4 Å². The van der Waals surface area contributed by atoms with Gasteiger partial charge >= 0.3 is 0 Å². The maximum absolute atomic E-state index is 12.3. The van der Waals surface area contributed by atoms with Gasteiger partial charge in [0.25, 0.3) is 11.6 Å². The largest absolute Gasteiger partial charge is 0.321 e. The summed E-state index contributed by atoms with van der Waals surface area (Å²) in [5.41, 5.74) is -0.193. The first-order valence-electron chi connectivity index (χ1n) is 6.34. The van der Waals surface area contributed by atoms with Crippen LogP contribution < -0.4 is 5.32 Å². The Labute approximate surface area is 154 Å². The molecule has 0 spiro atoms. The monoisotopic (exact) mass is 476 g/mol. The van der Waals surface area contributed by atoms with Crippen LogP contribution in [-0.4, -0.2) is 25.5 Å². The van der Waals surface area contributed by atoms with Gasteiger partial charge in [-0.1, -0.05) is 15.9 Å². The number of sulfone groups is 1. The zero-order valence-electron chi connectivity index (χ0n) is 12.1. The maximum atomic E-state index is 12.3. The number of benzene rings is 2. The number of rotatable bonds is 4. The third-order valence-electron chi connectivity index (χ3n) is 3.00. The van der Waals surface area contributed by atoms with Crippen molar-refractivity contribution in [1.82, 2.24) is 0 Å². The molecule has 0 saturated carbocycles. The number of carbonyl (C=O) groups excluding carboxylic acids is 1. The van der Waals surface area contributed by atoms with Gasteiger partial charge in [0.2, 0.25) is 0 Å². The molecule has 2 aromatic rings. The van der Waals surface area contributed by atoms with E-state index in [9.17, 15) is 23.3 Å². The summed E-state index contributed by atoms with van der Waals surface area (Å²) in [7, 11) is -3.78. The highest BCUT2D eigenvalue weighted by atomic mass is 79.9. The molecule has 2 rings (SSSR count). The van der Waals surface area contributed by atoms with E-state index in [4.69, 9.17) is 0 Å². The molecule has 1 N–H and O–H groups in total. The lowest BCUT2D eigenvalue weighted by Gasteiger charge is -2.08. The van der Waals surface area contributed by atoms with E-state index in [2.05, 4.69) is 37.2 Å². The summed E-state index contributed by atoms with van der Waals surface area (Å²) < 4.78 is 24.6. The number of nitrogens with one attached hydrogen (secondary N) is 1. The highest BCUT2D eigenvalue weighted by Crippen LogP contribution is 2.28. The number of hydrogen-bond donors (Lipinski definition) is 1. The molecule has 0 atom stereocenters. The highest BCUT2D eigenvalue weighted by molar-refractivity contribution is 9.11. The number of amides is 1. The van der Waals surface area contributed by atoms with E-state index in [1.54, 1.807) is 18.2 Å². The molecule has 0 aliphatic carbocycles. The van der Waals surface area contributed by atoms with Crippen molar-refractivity contribution >= 4 is 59.0 Å². The molecule has 7 nitrogen and oxygen atoms in total. The van der Waals surface area contributed by atoms with Crippen molar-refractivity contribution in [3.05, 3.63) is 61.0 Å². The van der Waals surface area contributed by atoms with E-state index in [1.807, 2.05) is 0 Å². The van der Waals surface area contributed by atoms with Crippen LogP contribution in [0.2, 0.25) is 0 Å². The Morgan fingerprint density at radius 1 is 1.17 bits per heavy atom. The van der Waals surface area contributed by atoms with Crippen LogP contribution in [0.4, 0.5) is 11.4 Å². The lowest BCUT2D eigenvalue weighted by Crippen LogP contribution is -2.13. The van der Waals surface area contributed by atoms with Crippen molar-refractivity contribution in [3.8, 4) is 0 Å². The van der Waals surface area contributed by atoms with Gasteiger partial charge in [0.15, 0.2) is 9.84 Å². The fraction of sp³-hybridized carbons (Fsp3) is 0.0714. The number of halogens is 2. The van der Waals surface area contributed by atoms with Crippen LogP contribution in [0, 0.1) is 10.1 Å². The average molecular weight is 478 g/mol. The topological polar surface area (TPSA) is 106 Å². The van der Waals surface area contributed by atoms with E-state index in [-0.39, 0.29) is 5.56 Å². The predicted octanol–water partition coefficient (Wildman–Crippen LogP) is 3.78. The molecule has 1 amide bonds. The first-order chi connectivity index (χ1) is 11.1. The van der Waals surface area contributed by atoms with Gasteiger partial charge in [0, 0.05) is 26.8 Å². The van der Waals surface area contributed by atoms with E-state index in [1.165, 1.54) is 6.07 Å². The second-order valence-corrected chi connectivity index (χ2v) is 8.54. The van der Waals surface area contributed by atoms with Crippen molar-refractivity contribution in [1.29, 1.82) is 0 Å². The lowest BCUT2D eigenvalue weighted by atomic mass is 10.2. The standard InChI is InChI=1S/C14H10Br2N2O5S/c1-24(22,23)13-5-2-8(6-12(13)18(20)21)14(19)17-11-4-3-9(15)7-10(11)16/h2-7H,1H3,(H,17,19). The van der Waals surface area contributed by atoms with Gasteiger partial charge in [-0.15, -0.1) is 0 Å². The molecule has 0 fully saturated rings. The third kappa shape index (κ3) is 4.19. The quantitative estimate of drug-likeness (QED) is 0.532. The molecule has 126 valence electrons. The molecule has 24 heavy (non-hydrogen) atoms. The summed E-state index contributed by atoms with van der Waals surface area (Å²) in [5.74, 6) is -0.596. The van der Waals surface area contributed by atoms with Crippen LogP contribution in [0.3, 0.4) is 0 Å². The summed E-state index contributed by atoms with van der Waals surface area (Å²) >= 11 is 6.58. The fourth-order valence-corrected chi connectivity index (χ4v) is 3.87. The number of carbonyl (C=O) groups is 1. The molecular formula is C14H10Br2N2O5S. The van der Waals surface area contributed by atoms with Crippen molar-refractivity contribution in [2.45, 2.75) is 4.90 Å². The molecule has 0 bridgehead atoms. The zero-order valence-corrected chi connectivity index (χ0v) is 16.1. The van der Waals surface area contributed by atoms with Gasteiger partial charge in [0.1, 0.15) is 4.90 Å². The summed E-state index contributed by atoms with van der Waals surface area (Å²) in [6.45, 7) is 0. The summed E-state index contributed by atoms with van der Waals surface area (Å²) in [6, 6.07) is 8.31. The van der Waals surface area contributed by atoms with E-state index in [0.717, 1.165) is 22.9 Å². The van der Waals surface area contributed by atoms with Crippen molar-refractivity contribution in [2.75, 3.05) is 11.6 Å². The molecule has 0 aliphatic rings. The SMILES string of the molecule is CS(=O)(=O)c1ccc(C(=O)Nc2ccc(Br)cc2Br)cc1[N+](=O)[O-]. The van der Waals surface area contributed by atoms with Crippen molar-refractivity contribution < 1.29 is 18.1 Å². The van der Waals surface area contributed by atoms with E-state index in [0.29, 0.717) is 10.2 Å². The number of nitro benzene ring substituents is 1. The second kappa shape index (κ2) is 6.99. The molecule has 0 unspecified atom stereocenters. The molecule has 2 aromatic carbocycles. The Morgan fingerprint density at radius 2 is 1.83 bits per heavy atom. The first kappa shape index (κ1) is 18.6. The summed E-state index contributed by atoms with van der Waals surface area (Å²) in [4.78, 5) is 22.1. The van der Waals surface area contributed by atoms with Gasteiger partial charge in [-0.3, -0.25) is 14.9 Å². The molecule has 0 aromatic heterocycles. The van der Waals surface area contributed by atoms with Gasteiger partial charge in [-0.05, 0) is 46.3 Å². The first-order valence-corrected chi connectivity index (χ1v) is 9.82. The lowest BCUT2D eigenvalue weighted by molar-refractivity contribution is -0.387. The average Bonchev–Trinajstić information content (AvgIpc) is 2.48. The molecular weight excluding hydrogens is 468 g/mol. The zero-order chi connectivity index (χ0) is 18.1. The van der Waals surface area contributed by atoms with E-state index < -0.39 is 31.3 Å². The van der Waals surface area contributed by atoms with Crippen LogP contribution in [0.25, 0.3) is 0 Å². The predicted molar refractivity (Wildman–Crippen MR) is 96.0 cm³/mol. The minimum absolute atomic E-state index is 0.0241. The van der Waals surface area contributed by atoms with Gasteiger partial charge in [-0.25, -0.2) is 8.42 Å². The van der Waals surface area contributed by atoms with Crippen LogP contribution in [-0.2, 0) is 9.84 Å². The van der Waals surface area contributed by atoms with Crippen LogP contribution in [0.5, 0.6) is 0 Å². The number of nitro groups is 1. The van der Waals surface area contributed by atoms with Gasteiger partial charge < -0.3 is 5.32 Å². The summed E-state index contributed by atoms with van der Waals surface area (Å²) in [5, 5.41) is 13.7. The summed E-state index contributed by atoms with van der Waals surface area (Å²) in [6.07, 6.45) is 0.869. The van der Waals surface area contributed by atoms with Gasteiger partial charge in [-0.2, -0.15) is 0 Å². The Balaban J connectivity index is 2.40. The van der Waals surface area contributed by atoms with Gasteiger partial charge in [0.05, 0.1) is 10.6 Å². The Hall–Kier alpha value is -1.78. The minimum Gasteiger partial charge on any atom is -0.321 e. The fourth-order valence-electron chi connectivity index (χ4n) is 1.90. The van der Waals surface area contributed by atoms with E-state index >= 15 is 0 Å². The third-order valence-corrected chi connectivity index (χ3v) is 5.29. The Morgan fingerprint density at radius 3 is 2.38 bits per heavy atom. The molecule has 0 aliphatic heterocycles. The van der Waals surface area contributed by atoms with Crippen LogP contribution >= 0.6 is 31.9 Å².